The summed E-state index contributed by atoms with van der Waals surface area (Å²) in [7, 11) is 1.32. The number of hydrogen-bond donors (Lipinski definition) is 1. The van der Waals surface area contributed by atoms with Gasteiger partial charge >= 0.3 is 5.97 Å². The van der Waals surface area contributed by atoms with Gasteiger partial charge < -0.3 is 10.1 Å². The molecule has 6 nitrogen and oxygen atoms in total. The smallest absolute Gasteiger partial charge is 0.338 e. The van der Waals surface area contributed by atoms with Crippen molar-refractivity contribution in [2.24, 2.45) is 5.92 Å². The Kier molecular flexibility index (Phi) is 5.79. The number of ether oxygens (including phenoxy) is 1. The lowest BCUT2D eigenvalue weighted by Crippen LogP contribution is -2.19. The number of nitrogens with zero attached hydrogens (tertiary/aromatic N) is 2. The fourth-order valence-corrected chi connectivity index (χ4v) is 2.62. The Balaban J connectivity index is 1.97. The van der Waals surface area contributed by atoms with Crippen molar-refractivity contribution >= 4 is 17.7 Å². The predicted molar refractivity (Wildman–Crippen MR) is 108 cm³/mol. The molecule has 3 rings (SSSR count). The lowest BCUT2D eigenvalue weighted by molar-refractivity contribution is -0.118. The highest BCUT2D eigenvalue weighted by Gasteiger charge is 2.14. The van der Waals surface area contributed by atoms with Crippen LogP contribution in [-0.4, -0.2) is 29.0 Å². The fourth-order valence-electron chi connectivity index (χ4n) is 2.62. The van der Waals surface area contributed by atoms with Gasteiger partial charge in [-0.2, -0.15) is 0 Å². The minimum absolute atomic E-state index is 0.174. The summed E-state index contributed by atoms with van der Waals surface area (Å²) in [6.07, 6.45) is 3.53. The zero-order valence-electron chi connectivity index (χ0n) is 16.0. The molecule has 0 saturated heterocycles. The second-order valence-corrected chi connectivity index (χ2v) is 6.58. The van der Waals surface area contributed by atoms with Gasteiger partial charge in [0, 0.05) is 23.9 Å². The van der Waals surface area contributed by atoms with Crippen LogP contribution in [0.15, 0.2) is 60.9 Å². The van der Waals surface area contributed by atoms with Crippen LogP contribution >= 0.6 is 0 Å². The van der Waals surface area contributed by atoms with Crippen LogP contribution in [-0.2, 0) is 9.53 Å². The normalized spacial score (nSPS) is 10.6. The van der Waals surface area contributed by atoms with Crippen LogP contribution in [0, 0.1) is 5.92 Å². The first-order chi connectivity index (χ1) is 13.5. The van der Waals surface area contributed by atoms with E-state index in [0.29, 0.717) is 17.1 Å². The number of rotatable bonds is 5. The molecule has 0 fully saturated rings. The molecule has 0 saturated carbocycles. The average Bonchev–Trinajstić information content (AvgIpc) is 2.73. The Labute approximate surface area is 163 Å². The summed E-state index contributed by atoms with van der Waals surface area (Å²) in [6, 6.07) is 14.8. The van der Waals surface area contributed by atoms with Gasteiger partial charge in [-0.15, -0.1) is 0 Å². The number of methoxy groups -OCH3 is 1. The van der Waals surface area contributed by atoms with Crippen LogP contribution in [0.5, 0.6) is 0 Å². The second-order valence-electron chi connectivity index (χ2n) is 6.58. The van der Waals surface area contributed by atoms with Crippen molar-refractivity contribution in [2.75, 3.05) is 12.4 Å². The molecule has 1 aromatic carbocycles. The number of nitrogens with one attached hydrogen (secondary N) is 1. The standard InChI is InChI=1S/C22H21N3O3/c1-14(2)21(26)25-20-12-18(22(27)28-3)11-19(24-20)16-8-6-15(7-9-16)17-5-4-10-23-13-17/h4-14H,1-3H3,(H,24,25,26). The molecule has 2 heterocycles. The second kappa shape index (κ2) is 8.43. The molecule has 2 aromatic heterocycles. The highest BCUT2D eigenvalue weighted by atomic mass is 16.5. The Morgan fingerprint density at radius 2 is 1.71 bits per heavy atom. The molecule has 0 aliphatic carbocycles. The van der Waals surface area contributed by atoms with Gasteiger partial charge in [-0.25, -0.2) is 9.78 Å². The van der Waals surface area contributed by atoms with E-state index in [4.69, 9.17) is 4.74 Å². The van der Waals surface area contributed by atoms with Crippen molar-refractivity contribution in [1.29, 1.82) is 0 Å². The third kappa shape index (κ3) is 4.40. The average molecular weight is 375 g/mol. The van der Waals surface area contributed by atoms with E-state index < -0.39 is 5.97 Å². The number of pyridine rings is 2. The summed E-state index contributed by atoms with van der Waals surface area (Å²) in [5.74, 6) is -0.554. The lowest BCUT2D eigenvalue weighted by atomic mass is 10.0. The maximum atomic E-state index is 12.0. The molecule has 0 atom stereocenters. The van der Waals surface area contributed by atoms with Gasteiger partial charge in [-0.05, 0) is 29.3 Å². The first kappa shape index (κ1) is 19.2. The van der Waals surface area contributed by atoms with Gasteiger partial charge in [-0.1, -0.05) is 44.2 Å². The van der Waals surface area contributed by atoms with Crippen LogP contribution in [0.2, 0.25) is 0 Å². The maximum Gasteiger partial charge on any atom is 0.338 e. The van der Waals surface area contributed by atoms with Crippen molar-refractivity contribution in [3.63, 3.8) is 0 Å². The molecule has 0 bridgehead atoms. The SMILES string of the molecule is COC(=O)c1cc(NC(=O)C(C)C)nc(-c2ccc(-c3cccnc3)cc2)c1. The fraction of sp³-hybridized carbons (Fsp3) is 0.182. The number of hydrogen-bond acceptors (Lipinski definition) is 5. The summed E-state index contributed by atoms with van der Waals surface area (Å²) in [4.78, 5) is 32.7. The van der Waals surface area contributed by atoms with Crippen LogP contribution in [0.4, 0.5) is 5.82 Å². The molecule has 0 radical (unpaired) electrons. The summed E-state index contributed by atoms with van der Waals surface area (Å²) >= 11 is 0. The summed E-state index contributed by atoms with van der Waals surface area (Å²) < 4.78 is 4.83. The number of aromatic nitrogens is 2. The molecule has 28 heavy (non-hydrogen) atoms. The van der Waals surface area contributed by atoms with Gasteiger partial charge in [0.2, 0.25) is 5.91 Å². The van der Waals surface area contributed by atoms with Crippen LogP contribution < -0.4 is 5.32 Å². The van der Waals surface area contributed by atoms with Crippen LogP contribution in [0.1, 0.15) is 24.2 Å². The molecule has 142 valence electrons. The highest BCUT2D eigenvalue weighted by Crippen LogP contribution is 2.25. The van der Waals surface area contributed by atoms with Crippen molar-refractivity contribution in [3.05, 3.63) is 66.5 Å². The van der Waals surface area contributed by atoms with E-state index in [-0.39, 0.29) is 11.8 Å². The number of carbonyl (C=O) groups is 2. The number of esters is 1. The highest BCUT2D eigenvalue weighted by molar-refractivity contribution is 5.95. The first-order valence-electron chi connectivity index (χ1n) is 8.90. The molecule has 3 aromatic rings. The maximum absolute atomic E-state index is 12.0. The van der Waals surface area contributed by atoms with Crippen molar-refractivity contribution in [1.82, 2.24) is 9.97 Å². The summed E-state index contributed by atoms with van der Waals surface area (Å²) in [5.41, 5.74) is 3.74. The van der Waals surface area contributed by atoms with Gasteiger partial charge in [0.1, 0.15) is 5.82 Å². The molecule has 0 spiro atoms. The van der Waals surface area contributed by atoms with Gasteiger partial charge in [-0.3, -0.25) is 9.78 Å². The van der Waals surface area contributed by atoms with E-state index in [2.05, 4.69) is 15.3 Å². The number of anilines is 1. The lowest BCUT2D eigenvalue weighted by Gasteiger charge is -2.11. The zero-order chi connectivity index (χ0) is 20.1. The molecule has 1 amide bonds. The predicted octanol–water partition coefficient (Wildman–Crippen LogP) is 4.19. The summed E-state index contributed by atoms with van der Waals surface area (Å²) in [5, 5.41) is 2.74. The van der Waals surface area contributed by atoms with E-state index in [1.54, 1.807) is 32.3 Å². The quantitative estimate of drug-likeness (QED) is 0.676. The van der Waals surface area contributed by atoms with Crippen LogP contribution in [0.25, 0.3) is 22.4 Å². The van der Waals surface area contributed by atoms with Crippen LogP contribution in [0.3, 0.4) is 0 Å². The van der Waals surface area contributed by atoms with Gasteiger partial charge in [0.25, 0.3) is 0 Å². The molecule has 0 aliphatic rings. The van der Waals surface area contributed by atoms with E-state index >= 15 is 0 Å². The zero-order valence-corrected chi connectivity index (χ0v) is 16.0. The number of carbonyl (C=O) groups excluding carboxylic acids is 2. The van der Waals surface area contributed by atoms with Crippen molar-refractivity contribution in [3.8, 4) is 22.4 Å². The van der Waals surface area contributed by atoms with E-state index in [1.165, 1.54) is 13.2 Å². The number of benzene rings is 1. The molecule has 0 aliphatic heterocycles. The third-order valence-electron chi connectivity index (χ3n) is 4.20. The van der Waals surface area contributed by atoms with E-state index in [0.717, 1.165) is 16.7 Å². The minimum atomic E-state index is -0.490. The minimum Gasteiger partial charge on any atom is -0.465 e. The van der Waals surface area contributed by atoms with E-state index in [9.17, 15) is 9.59 Å². The summed E-state index contributed by atoms with van der Waals surface area (Å²) in [6.45, 7) is 3.58. The third-order valence-corrected chi connectivity index (χ3v) is 4.20. The van der Waals surface area contributed by atoms with Crippen molar-refractivity contribution < 1.29 is 14.3 Å². The Bertz CT molecular complexity index is 984. The molecular weight excluding hydrogens is 354 g/mol. The molecular formula is C22H21N3O3. The Hall–Kier alpha value is -3.54. The van der Waals surface area contributed by atoms with E-state index in [1.807, 2.05) is 36.4 Å². The van der Waals surface area contributed by atoms with Gasteiger partial charge in [0.15, 0.2) is 0 Å². The monoisotopic (exact) mass is 375 g/mol. The number of amides is 1. The van der Waals surface area contributed by atoms with Crippen molar-refractivity contribution in [2.45, 2.75) is 13.8 Å². The molecule has 6 heteroatoms. The Morgan fingerprint density at radius 1 is 1.00 bits per heavy atom. The largest absolute Gasteiger partial charge is 0.465 e. The van der Waals surface area contributed by atoms with Gasteiger partial charge in [0.05, 0.1) is 18.4 Å². The Morgan fingerprint density at radius 3 is 2.32 bits per heavy atom. The first-order valence-corrected chi connectivity index (χ1v) is 8.90. The topological polar surface area (TPSA) is 81.2 Å². The molecule has 0 unspecified atom stereocenters. The molecule has 1 N–H and O–H groups in total.